The summed E-state index contributed by atoms with van der Waals surface area (Å²) in [6, 6.07) is 4.47. The van der Waals surface area contributed by atoms with Crippen molar-refractivity contribution in [1.82, 2.24) is 0 Å². The Kier molecular flexibility index (Phi) is 5.34. The molecular weight excluding hydrogens is 298 g/mol. The molecule has 0 unspecified atom stereocenters. The molecule has 1 rings (SSSR count). The second-order valence-electron chi connectivity index (χ2n) is 3.13. The van der Waals surface area contributed by atoms with E-state index in [1.807, 2.05) is 0 Å². The van der Waals surface area contributed by atoms with Crippen molar-refractivity contribution in [3.05, 3.63) is 28.2 Å². The number of ether oxygens (including phenoxy) is 2. The van der Waals surface area contributed by atoms with Gasteiger partial charge < -0.3 is 9.47 Å². The first kappa shape index (κ1) is 13.9. The molecule has 94 valence electrons. The van der Waals surface area contributed by atoms with E-state index in [4.69, 9.17) is 4.74 Å². The second-order valence-corrected chi connectivity index (χ2v) is 3.98. The van der Waals surface area contributed by atoms with Gasteiger partial charge in [-0.15, -0.1) is 0 Å². The fraction of sp³-hybridized carbons (Fsp3) is 0.364. The van der Waals surface area contributed by atoms with Crippen LogP contribution in [0.1, 0.15) is 12.5 Å². The normalized spacial score (nSPS) is 10.4. The lowest BCUT2D eigenvalue weighted by atomic mass is 10.1. The minimum Gasteiger partial charge on any atom is -0.466 e. The van der Waals surface area contributed by atoms with Crippen molar-refractivity contribution in [2.75, 3.05) is 6.61 Å². The fourth-order valence-electron chi connectivity index (χ4n) is 1.22. The smallest absolute Gasteiger partial charge is 0.387 e. The van der Waals surface area contributed by atoms with Crippen molar-refractivity contribution in [1.29, 1.82) is 0 Å². The minimum atomic E-state index is -2.87. The maximum Gasteiger partial charge on any atom is 0.387 e. The Balaban J connectivity index is 2.71. The maximum atomic E-state index is 12.0. The van der Waals surface area contributed by atoms with Crippen LogP contribution in [0.25, 0.3) is 0 Å². The Morgan fingerprint density at radius 1 is 1.47 bits per heavy atom. The van der Waals surface area contributed by atoms with Gasteiger partial charge in [0.25, 0.3) is 0 Å². The van der Waals surface area contributed by atoms with Gasteiger partial charge >= 0.3 is 12.6 Å². The Morgan fingerprint density at radius 2 is 2.18 bits per heavy atom. The standard InChI is InChI=1S/C11H11BrF2O3/c1-2-16-10(15)6-7-3-4-9(8(12)5-7)17-11(13)14/h3-5,11H,2,6H2,1H3. The topological polar surface area (TPSA) is 35.5 Å². The number of hydrogen-bond donors (Lipinski definition) is 0. The average Bonchev–Trinajstić information content (AvgIpc) is 2.22. The summed E-state index contributed by atoms with van der Waals surface area (Å²) in [5, 5.41) is 0. The van der Waals surface area contributed by atoms with Gasteiger partial charge in [0.05, 0.1) is 17.5 Å². The van der Waals surface area contributed by atoms with Crippen molar-refractivity contribution in [2.45, 2.75) is 20.0 Å². The summed E-state index contributed by atoms with van der Waals surface area (Å²) < 4.78 is 33.4. The van der Waals surface area contributed by atoms with Crippen LogP contribution in [0.15, 0.2) is 22.7 Å². The molecule has 0 heterocycles. The van der Waals surface area contributed by atoms with E-state index in [9.17, 15) is 13.6 Å². The van der Waals surface area contributed by atoms with E-state index in [1.165, 1.54) is 6.07 Å². The van der Waals surface area contributed by atoms with Crippen molar-refractivity contribution >= 4 is 21.9 Å². The molecule has 0 amide bonds. The highest BCUT2D eigenvalue weighted by atomic mass is 79.9. The summed E-state index contributed by atoms with van der Waals surface area (Å²) in [5.41, 5.74) is 0.664. The van der Waals surface area contributed by atoms with Gasteiger partial charge in [-0.2, -0.15) is 8.78 Å². The average molecular weight is 309 g/mol. The summed E-state index contributed by atoms with van der Waals surface area (Å²) in [5.74, 6) is -0.325. The van der Waals surface area contributed by atoms with Crippen molar-refractivity contribution in [3.8, 4) is 5.75 Å². The van der Waals surface area contributed by atoms with E-state index in [2.05, 4.69) is 20.7 Å². The third-order valence-electron chi connectivity index (χ3n) is 1.87. The predicted octanol–water partition coefficient (Wildman–Crippen LogP) is 3.16. The predicted molar refractivity (Wildman–Crippen MR) is 61.1 cm³/mol. The quantitative estimate of drug-likeness (QED) is 0.784. The molecule has 1 aromatic rings. The number of esters is 1. The van der Waals surface area contributed by atoms with E-state index in [0.717, 1.165) is 0 Å². The molecule has 0 saturated heterocycles. The van der Waals surface area contributed by atoms with Crippen LogP contribution in [0.5, 0.6) is 5.75 Å². The highest BCUT2D eigenvalue weighted by molar-refractivity contribution is 9.10. The monoisotopic (exact) mass is 308 g/mol. The molecule has 0 spiro atoms. The molecule has 0 radical (unpaired) electrons. The summed E-state index contributed by atoms with van der Waals surface area (Å²) in [6.07, 6.45) is 0.0986. The van der Waals surface area contributed by atoms with Crippen LogP contribution < -0.4 is 4.74 Å². The molecule has 0 fully saturated rings. The molecule has 0 saturated carbocycles. The lowest BCUT2D eigenvalue weighted by Crippen LogP contribution is -2.08. The van der Waals surface area contributed by atoms with Crippen LogP contribution in [-0.2, 0) is 16.0 Å². The fourth-order valence-corrected chi connectivity index (χ4v) is 1.74. The Morgan fingerprint density at radius 3 is 2.71 bits per heavy atom. The Labute approximate surface area is 106 Å². The zero-order valence-electron chi connectivity index (χ0n) is 9.08. The number of alkyl halides is 2. The van der Waals surface area contributed by atoms with Gasteiger partial charge in [0, 0.05) is 0 Å². The van der Waals surface area contributed by atoms with Gasteiger partial charge in [-0.25, -0.2) is 0 Å². The van der Waals surface area contributed by atoms with E-state index in [-0.39, 0.29) is 18.1 Å². The summed E-state index contributed by atoms with van der Waals surface area (Å²) >= 11 is 3.09. The molecule has 6 heteroatoms. The van der Waals surface area contributed by atoms with Crippen molar-refractivity contribution < 1.29 is 23.0 Å². The summed E-state index contributed by atoms with van der Waals surface area (Å²) in [7, 11) is 0. The third kappa shape index (κ3) is 4.68. The van der Waals surface area contributed by atoms with Gasteiger partial charge in [0.2, 0.25) is 0 Å². The largest absolute Gasteiger partial charge is 0.466 e. The first-order valence-corrected chi connectivity index (χ1v) is 5.71. The van der Waals surface area contributed by atoms with Gasteiger partial charge in [-0.05, 0) is 40.5 Å². The van der Waals surface area contributed by atoms with Gasteiger partial charge in [0.15, 0.2) is 0 Å². The van der Waals surface area contributed by atoms with Crippen LogP contribution in [-0.4, -0.2) is 19.2 Å². The van der Waals surface area contributed by atoms with Crippen LogP contribution in [0, 0.1) is 0 Å². The number of benzene rings is 1. The molecule has 0 aliphatic carbocycles. The molecule has 0 atom stereocenters. The Bertz CT molecular complexity index is 396. The van der Waals surface area contributed by atoms with E-state index in [0.29, 0.717) is 16.6 Å². The van der Waals surface area contributed by atoms with Crippen LogP contribution in [0.4, 0.5) is 8.78 Å². The molecule has 0 aromatic heterocycles. The highest BCUT2D eigenvalue weighted by Crippen LogP contribution is 2.27. The van der Waals surface area contributed by atoms with Crippen LogP contribution in [0.2, 0.25) is 0 Å². The molecule has 1 aromatic carbocycles. The molecule has 17 heavy (non-hydrogen) atoms. The zero-order valence-corrected chi connectivity index (χ0v) is 10.7. The molecule has 0 bridgehead atoms. The number of rotatable bonds is 5. The lowest BCUT2D eigenvalue weighted by molar-refractivity contribution is -0.142. The molecule has 0 aliphatic heterocycles. The molecule has 3 nitrogen and oxygen atoms in total. The van der Waals surface area contributed by atoms with Gasteiger partial charge in [-0.1, -0.05) is 6.07 Å². The number of hydrogen-bond acceptors (Lipinski definition) is 3. The first-order chi connectivity index (χ1) is 8.02. The van der Waals surface area contributed by atoms with Crippen molar-refractivity contribution in [3.63, 3.8) is 0 Å². The van der Waals surface area contributed by atoms with Crippen LogP contribution >= 0.6 is 15.9 Å². The maximum absolute atomic E-state index is 12.0. The first-order valence-electron chi connectivity index (χ1n) is 4.91. The van der Waals surface area contributed by atoms with Crippen molar-refractivity contribution in [2.24, 2.45) is 0 Å². The number of halogens is 3. The molecule has 0 N–H and O–H groups in total. The molecule has 0 aliphatic rings. The minimum absolute atomic E-state index is 0.0348. The number of carbonyl (C=O) groups is 1. The summed E-state index contributed by atoms with van der Waals surface area (Å²) in [6.45, 7) is -0.845. The van der Waals surface area contributed by atoms with Gasteiger partial charge in [-0.3, -0.25) is 4.79 Å². The third-order valence-corrected chi connectivity index (χ3v) is 2.49. The van der Waals surface area contributed by atoms with Crippen LogP contribution in [0.3, 0.4) is 0 Å². The van der Waals surface area contributed by atoms with E-state index in [1.54, 1.807) is 19.1 Å². The molecular formula is C11H11BrF2O3. The van der Waals surface area contributed by atoms with E-state index >= 15 is 0 Å². The Hall–Kier alpha value is -1.17. The van der Waals surface area contributed by atoms with E-state index < -0.39 is 6.61 Å². The number of carbonyl (C=O) groups excluding carboxylic acids is 1. The second kappa shape index (κ2) is 6.54. The zero-order chi connectivity index (χ0) is 12.8. The van der Waals surface area contributed by atoms with Gasteiger partial charge in [0.1, 0.15) is 5.75 Å². The summed E-state index contributed by atoms with van der Waals surface area (Å²) in [4.78, 5) is 11.2. The highest BCUT2D eigenvalue weighted by Gasteiger charge is 2.10. The SMILES string of the molecule is CCOC(=O)Cc1ccc(OC(F)F)c(Br)c1. The lowest BCUT2D eigenvalue weighted by Gasteiger charge is -2.08.